The molecular weight excluding hydrogens is 571 g/mol. The third kappa shape index (κ3) is 4.52. The molecule has 0 fully saturated rings. The van der Waals surface area contributed by atoms with E-state index < -0.39 is 0 Å². The van der Waals surface area contributed by atoms with Gasteiger partial charge in [-0.25, -0.2) is 0 Å². The van der Waals surface area contributed by atoms with Crippen LogP contribution in [0.4, 0.5) is 17.1 Å². The smallest absolute Gasteiger partial charge is 0.131 e. The van der Waals surface area contributed by atoms with Crippen LogP contribution in [0.2, 0.25) is 0 Å². The van der Waals surface area contributed by atoms with Crippen LogP contribution < -0.4 is 4.90 Å². The molecule has 7 aromatic carbocycles. The van der Waals surface area contributed by atoms with Crippen molar-refractivity contribution in [2.45, 2.75) is 0 Å². The van der Waals surface area contributed by atoms with Gasteiger partial charge in [-0.1, -0.05) is 115 Å². The first-order chi connectivity index (χ1) is 23.3. The normalized spacial score (nSPS) is 11.4. The molecule has 3 nitrogen and oxygen atoms in total. The Labute approximate surface area is 273 Å². The van der Waals surface area contributed by atoms with Gasteiger partial charge in [-0.05, 0) is 83.9 Å². The molecular formula is C44H31N3. The molecule has 222 valence electrons. The van der Waals surface area contributed by atoms with E-state index in [9.17, 15) is 0 Å². The average molecular weight is 602 g/mol. The molecule has 0 amide bonds. The Morgan fingerprint density at radius 3 is 1.45 bits per heavy atom. The Kier molecular flexibility index (Phi) is 6.46. The van der Waals surface area contributed by atoms with Crippen molar-refractivity contribution in [2.24, 2.45) is 0 Å². The number of nitrogens with zero attached hydrogens (tertiary/aromatic N) is 3. The topological polar surface area (TPSA) is 13.1 Å². The summed E-state index contributed by atoms with van der Waals surface area (Å²) >= 11 is 0. The lowest BCUT2D eigenvalue weighted by atomic mass is 10.0. The molecule has 47 heavy (non-hydrogen) atoms. The van der Waals surface area contributed by atoms with Crippen molar-refractivity contribution < 1.29 is 0 Å². The van der Waals surface area contributed by atoms with Crippen LogP contribution in [0.1, 0.15) is 0 Å². The molecule has 0 atom stereocenters. The van der Waals surface area contributed by atoms with Gasteiger partial charge in [0.05, 0.1) is 11.0 Å². The molecule has 0 unspecified atom stereocenters. The van der Waals surface area contributed by atoms with Gasteiger partial charge in [0.1, 0.15) is 5.65 Å². The second-order valence-corrected chi connectivity index (χ2v) is 11.8. The van der Waals surface area contributed by atoms with E-state index in [1.54, 1.807) is 0 Å². The van der Waals surface area contributed by atoms with E-state index in [-0.39, 0.29) is 0 Å². The molecule has 2 aromatic heterocycles. The maximum Gasteiger partial charge on any atom is 0.131 e. The van der Waals surface area contributed by atoms with Crippen LogP contribution in [-0.4, -0.2) is 9.13 Å². The Bertz CT molecular complexity index is 2480. The first-order valence-corrected chi connectivity index (χ1v) is 16.0. The lowest BCUT2D eigenvalue weighted by Crippen LogP contribution is -2.09. The van der Waals surface area contributed by atoms with Gasteiger partial charge in [0, 0.05) is 44.6 Å². The maximum absolute atomic E-state index is 2.42. The summed E-state index contributed by atoms with van der Waals surface area (Å²) in [6.07, 6.45) is 0. The summed E-state index contributed by atoms with van der Waals surface area (Å²) < 4.78 is 4.83. The summed E-state index contributed by atoms with van der Waals surface area (Å²) in [6.45, 7) is 0. The van der Waals surface area contributed by atoms with Gasteiger partial charge >= 0.3 is 0 Å². The Balaban J connectivity index is 1.32. The fourth-order valence-corrected chi connectivity index (χ4v) is 7.01. The van der Waals surface area contributed by atoms with Crippen molar-refractivity contribution in [2.75, 3.05) is 4.90 Å². The van der Waals surface area contributed by atoms with Crippen molar-refractivity contribution in [3.8, 4) is 22.5 Å². The molecule has 0 bridgehead atoms. The van der Waals surface area contributed by atoms with E-state index in [1.165, 1.54) is 38.3 Å². The highest BCUT2D eigenvalue weighted by atomic mass is 15.2. The largest absolute Gasteiger partial charge is 0.310 e. The molecule has 0 spiro atoms. The fraction of sp³-hybridized carbons (Fsp3) is 0. The third-order valence-corrected chi connectivity index (χ3v) is 9.09. The number of hydrogen-bond acceptors (Lipinski definition) is 1. The summed E-state index contributed by atoms with van der Waals surface area (Å²) in [5.41, 5.74) is 11.6. The minimum atomic E-state index is 1.11. The maximum atomic E-state index is 2.42. The lowest BCUT2D eigenvalue weighted by Gasteiger charge is -2.26. The Hall–Kier alpha value is -6.32. The SMILES string of the molecule is c1ccc(-c2ccc(N(c3ccccc3)c3ccc4c(c3)c3c5ccccc5n(-c5ccccc5)c3n4-c3ccccc3)cc2)cc1. The molecule has 9 aromatic rings. The van der Waals surface area contributed by atoms with Crippen molar-refractivity contribution in [3.05, 3.63) is 188 Å². The van der Waals surface area contributed by atoms with Gasteiger partial charge in [-0.15, -0.1) is 0 Å². The zero-order chi connectivity index (χ0) is 31.2. The van der Waals surface area contributed by atoms with E-state index in [2.05, 4.69) is 202 Å². The minimum absolute atomic E-state index is 1.11. The van der Waals surface area contributed by atoms with Gasteiger partial charge < -0.3 is 4.90 Å². The molecule has 0 N–H and O–H groups in total. The summed E-state index contributed by atoms with van der Waals surface area (Å²) in [7, 11) is 0. The second kappa shape index (κ2) is 11.2. The van der Waals surface area contributed by atoms with Crippen LogP contribution >= 0.6 is 0 Å². The van der Waals surface area contributed by atoms with E-state index in [1.807, 2.05) is 0 Å². The predicted octanol–water partition coefficient (Wildman–Crippen LogP) is 11.9. The van der Waals surface area contributed by atoms with Gasteiger partial charge in [0.15, 0.2) is 0 Å². The number of anilines is 3. The molecule has 0 aliphatic heterocycles. The van der Waals surface area contributed by atoms with Gasteiger partial charge in [-0.3, -0.25) is 9.13 Å². The molecule has 0 saturated heterocycles. The highest BCUT2D eigenvalue weighted by Gasteiger charge is 2.23. The van der Waals surface area contributed by atoms with Crippen LogP contribution in [0.15, 0.2) is 188 Å². The summed E-state index contributed by atoms with van der Waals surface area (Å²) in [6, 6.07) is 67.2. The van der Waals surface area contributed by atoms with Crippen LogP contribution in [0.25, 0.3) is 55.3 Å². The number of para-hydroxylation sites is 4. The first-order valence-electron chi connectivity index (χ1n) is 16.0. The molecule has 0 aliphatic carbocycles. The van der Waals surface area contributed by atoms with Crippen molar-refractivity contribution in [3.63, 3.8) is 0 Å². The zero-order valence-corrected chi connectivity index (χ0v) is 25.7. The molecule has 0 radical (unpaired) electrons. The number of benzene rings is 7. The second-order valence-electron chi connectivity index (χ2n) is 11.8. The molecule has 9 rings (SSSR count). The number of fused-ring (bicyclic) bond motifs is 5. The number of hydrogen-bond donors (Lipinski definition) is 0. The Morgan fingerprint density at radius 2 is 0.809 bits per heavy atom. The molecule has 0 aliphatic rings. The molecule has 3 heteroatoms. The van der Waals surface area contributed by atoms with Crippen LogP contribution in [0.3, 0.4) is 0 Å². The molecule has 0 saturated carbocycles. The lowest BCUT2D eigenvalue weighted by molar-refractivity contribution is 1.07. The van der Waals surface area contributed by atoms with Crippen LogP contribution in [0.5, 0.6) is 0 Å². The van der Waals surface area contributed by atoms with Gasteiger partial charge in [0.2, 0.25) is 0 Å². The average Bonchev–Trinajstić information content (AvgIpc) is 3.66. The minimum Gasteiger partial charge on any atom is -0.310 e. The quantitative estimate of drug-likeness (QED) is 0.185. The number of aromatic nitrogens is 2. The van der Waals surface area contributed by atoms with E-state index in [4.69, 9.17) is 0 Å². The van der Waals surface area contributed by atoms with Gasteiger partial charge in [-0.2, -0.15) is 0 Å². The summed E-state index contributed by atoms with van der Waals surface area (Å²) in [4.78, 5) is 2.36. The van der Waals surface area contributed by atoms with Crippen molar-refractivity contribution >= 4 is 49.9 Å². The predicted molar refractivity (Wildman–Crippen MR) is 198 cm³/mol. The van der Waals surface area contributed by atoms with Crippen molar-refractivity contribution in [1.29, 1.82) is 0 Å². The highest BCUT2D eigenvalue weighted by Crippen LogP contribution is 2.44. The summed E-state index contributed by atoms with van der Waals surface area (Å²) in [5, 5.41) is 3.70. The van der Waals surface area contributed by atoms with Crippen LogP contribution in [0, 0.1) is 0 Å². The molecule has 2 heterocycles. The monoisotopic (exact) mass is 601 g/mol. The first kappa shape index (κ1) is 27.0. The zero-order valence-electron chi connectivity index (χ0n) is 25.7. The van der Waals surface area contributed by atoms with E-state index >= 15 is 0 Å². The Morgan fingerprint density at radius 1 is 0.340 bits per heavy atom. The van der Waals surface area contributed by atoms with E-state index in [0.29, 0.717) is 0 Å². The number of rotatable bonds is 6. The fourth-order valence-electron chi connectivity index (χ4n) is 7.01. The van der Waals surface area contributed by atoms with Crippen LogP contribution in [-0.2, 0) is 0 Å². The van der Waals surface area contributed by atoms with Crippen molar-refractivity contribution in [1.82, 2.24) is 9.13 Å². The third-order valence-electron chi connectivity index (χ3n) is 9.09. The van der Waals surface area contributed by atoms with Gasteiger partial charge in [0.25, 0.3) is 0 Å². The summed E-state index contributed by atoms with van der Waals surface area (Å²) in [5.74, 6) is 0. The van der Waals surface area contributed by atoms with E-state index in [0.717, 1.165) is 34.1 Å². The highest BCUT2D eigenvalue weighted by molar-refractivity contribution is 6.23. The standard InChI is InChI=1S/C44H31N3/c1-5-15-32(16-6-1)33-25-27-37(28-26-33)45(34-17-7-2-8-18-34)38-29-30-42-40(31-38)43-39-23-13-14-24-41(39)46(35-19-9-3-10-20-35)44(43)47(42)36-21-11-4-12-22-36/h1-31H.